The third-order valence-electron chi connectivity index (χ3n) is 4.29. The van der Waals surface area contributed by atoms with Gasteiger partial charge in [0.25, 0.3) is 0 Å². The Labute approximate surface area is 159 Å². The molecule has 3 aromatic carbocycles. The van der Waals surface area contributed by atoms with Gasteiger partial charge in [-0.2, -0.15) is 0 Å². The maximum absolute atomic E-state index is 13.5. The SMILES string of the molecule is O=C1/C(=C/c2ccc(F)c(Br)c2)[C@@H](c2ccccc2)Oc2ccccc21. The lowest BCUT2D eigenvalue weighted by molar-refractivity contribution is 0.0963. The second-order valence-electron chi connectivity index (χ2n) is 6.01. The zero-order valence-corrected chi connectivity index (χ0v) is 15.2. The number of fused-ring (bicyclic) bond motifs is 1. The molecule has 2 nitrogen and oxygen atoms in total. The van der Waals surface area contributed by atoms with Crippen molar-refractivity contribution in [1.82, 2.24) is 0 Å². The fourth-order valence-electron chi connectivity index (χ4n) is 3.02. The zero-order valence-electron chi connectivity index (χ0n) is 13.7. The van der Waals surface area contributed by atoms with Crippen LogP contribution in [0, 0.1) is 5.82 Å². The highest BCUT2D eigenvalue weighted by atomic mass is 79.9. The van der Waals surface area contributed by atoms with Gasteiger partial charge in [0.05, 0.1) is 10.0 Å². The van der Waals surface area contributed by atoms with Crippen molar-refractivity contribution in [3.05, 3.63) is 105 Å². The number of Topliss-reactive ketones (excluding diaryl/α,β-unsaturated/α-hetero) is 1. The normalized spacial score (nSPS) is 17.7. The maximum atomic E-state index is 13.5. The van der Waals surface area contributed by atoms with Gasteiger partial charge in [0, 0.05) is 5.57 Å². The molecule has 1 heterocycles. The first-order valence-electron chi connectivity index (χ1n) is 8.15. The van der Waals surface area contributed by atoms with Gasteiger partial charge in [-0.1, -0.05) is 48.5 Å². The number of para-hydroxylation sites is 1. The van der Waals surface area contributed by atoms with Crippen molar-refractivity contribution in [2.75, 3.05) is 0 Å². The molecule has 0 aromatic heterocycles. The Morgan fingerprint density at radius 3 is 2.46 bits per heavy atom. The molecule has 0 bridgehead atoms. The van der Waals surface area contributed by atoms with Gasteiger partial charge in [-0.3, -0.25) is 4.79 Å². The number of benzene rings is 3. The third kappa shape index (κ3) is 3.08. The van der Waals surface area contributed by atoms with Crippen LogP contribution < -0.4 is 4.74 Å². The van der Waals surface area contributed by atoms with Crippen LogP contribution in [0.25, 0.3) is 6.08 Å². The van der Waals surface area contributed by atoms with Crippen molar-refractivity contribution in [3.63, 3.8) is 0 Å². The van der Waals surface area contributed by atoms with E-state index in [2.05, 4.69) is 15.9 Å². The highest BCUT2D eigenvalue weighted by Crippen LogP contribution is 2.39. The Balaban J connectivity index is 1.86. The Morgan fingerprint density at radius 2 is 1.69 bits per heavy atom. The lowest BCUT2D eigenvalue weighted by Crippen LogP contribution is -2.23. The van der Waals surface area contributed by atoms with Crippen LogP contribution in [0.5, 0.6) is 5.75 Å². The summed E-state index contributed by atoms with van der Waals surface area (Å²) in [6, 6.07) is 21.5. The summed E-state index contributed by atoms with van der Waals surface area (Å²) in [5.74, 6) is 0.147. The molecule has 4 rings (SSSR count). The quantitative estimate of drug-likeness (QED) is 0.486. The highest BCUT2D eigenvalue weighted by Gasteiger charge is 2.32. The molecule has 0 saturated heterocycles. The topological polar surface area (TPSA) is 26.3 Å². The minimum Gasteiger partial charge on any atom is -0.480 e. The van der Waals surface area contributed by atoms with E-state index in [1.54, 1.807) is 30.3 Å². The molecule has 0 unspecified atom stereocenters. The summed E-state index contributed by atoms with van der Waals surface area (Å²) in [6.45, 7) is 0. The molecule has 0 fully saturated rings. The van der Waals surface area contributed by atoms with Crippen molar-refractivity contribution in [2.45, 2.75) is 6.10 Å². The molecule has 4 heteroatoms. The predicted molar refractivity (Wildman–Crippen MR) is 103 cm³/mol. The third-order valence-corrected chi connectivity index (χ3v) is 4.90. The lowest BCUT2D eigenvalue weighted by atomic mass is 9.89. The van der Waals surface area contributed by atoms with Gasteiger partial charge in [-0.15, -0.1) is 0 Å². The van der Waals surface area contributed by atoms with Crippen LogP contribution in [-0.2, 0) is 0 Å². The number of ether oxygens (including phenoxy) is 1. The van der Waals surface area contributed by atoms with E-state index in [4.69, 9.17) is 4.74 Å². The summed E-state index contributed by atoms with van der Waals surface area (Å²) in [7, 11) is 0. The van der Waals surface area contributed by atoms with Crippen molar-refractivity contribution >= 4 is 27.8 Å². The number of halogens is 2. The molecule has 1 aliphatic heterocycles. The smallest absolute Gasteiger partial charge is 0.196 e. The van der Waals surface area contributed by atoms with Crippen LogP contribution in [0.15, 0.2) is 82.8 Å². The molecule has 0 aliphatic carbocycles. The van der Waals surface area contributed by atoms with E-state index in [0.717, 1.165) is 11.1 Å². The van der Waals surface area contributed by atoms with Gasteiger partial charge in [-0.05, 0) is 57.4 Å². The molecular formula is C22H14BrFO2. The monoisotopic (exact) mass is 408 g/mol. The fourth-order valence-corrected chi connectivity index (χ4v) is 3.42. The number of hydrogen-bond donors (Lipinski definition) is 0. The summed E-state index contributed by atoms with van der Waals surface area (Å²) in [6.07, 6.45) is 1.25. The van der Waals surface area contributed by atoms with Crippen molar-refractivity contribution in [1.29, 1.82) is 0 Å². The average Bonchev–Trinajstić information content (AvgIpc) is 2.67. The van der Waals surface area contributed by atoms with Gasteiger partial charge in [0.15, 0.2) is 11.9 Å². The fraction of sp³-hybridized carbons (Fsp3) is 0.0455. The largest absolute Gasteiger partial charge is 0.480 e. The molecular weight excluding hydrogens is 395 g/mol. The minimum absolute atomic E-state index is 0.0823. The van der Waals surface area contributed by atoms with E-state index in [1.807, 2.05) is 42.5 Å². The molecule has 0 radical (unpaired) electrons. The van der Waals surface area contributed by atoms with Crippen LogP contribution in [0.3, 0.4) is 0 Å². The Morgan fingerprint density at radius 1 is 0.962 bits per heavy atom. The van der Waals surface area contributed by atoms with E-state index in [-0.39, 0.29) is 11.6 Å². The number of hydrogen-bond acceptors (Lipinski definition) is 2. The van der Waals surface area contributed by atoms with E-state index >= 15 is 0 Å². The van der Waals surface area contributed by atoms with E-state index in [0.29, 0.717) is 21.4 Å². The van der Waals surface area contributed by atoms with Crippen molar-refractivity contribution in [2.24, 2.45) is 0 Å². The molecule has 0 spiro atoms. The standard InChI is InChI=1S/C22H14BrFO2/c23-18-13-14(10-11-19(18)24)12-17-21(25)16-8-4-5-9-20(16)26-22(17)15-6-2-1-3-7-15/h1-13,22H/b17-12-/t22-/m1/s1. The van der Waals surface area contributed by atoms with Gasteiger partial charge < -0.3 is 4.74 Å². The number of carbonyl (C=O) groups excluding carboxylic acids is 1. The van der Waals surface area contributed by atoms with Crippen LogP contribution >= 0.6 is 15.9 Å². The Hall–Kier alpha value is -2.72. The first kappa shape index (κ1) is 16.7. The molecule has 26 heavy (non-hydrogen) atoms. The second-order valence-corrected chi connectivity index (χ2v) is 6.86. The Bertz CT molecular complexity index is 1010. The van der Waals surface area contributed by atoms with Crippen LogP contribution in [0.2, 0.25) is 0 Å². The second kappa shape index (κ2) is 6.89. The summed E-state index contributed by atoms with van der Waals surface area (Å²) in [5.41, 5.74) is 2.67. The number of rotatable bonds is 2. The molecule has 128 valence electrons. The van der Waals surface area contributed by atoms with Crippen molar-refractivity contribution in [3.8, 4) is 5.75 Å². The molecule has 0 saturated carbocycles. The summed E-state index contributed by atoms with van der Waals surface area (Å²) in [5, 5.41) is 0. The zero-order chi connectivity index (χ0) is 18.1. The molecule has 1 aliphatic rings. The molecule has 0 N–H and O–H groups in total. The highest BCUT2D eigenvalue weighted by molar-refractivity contribution is 9.10. The molecule has 1 atom stereocenters. The molecule has 0 amide bonds. The van der Waals surface area contributed by atoms with Gasteiger partial charge >= 0.3 is 0 Å². The lowest BCUT2D eigenvalue weighted by Gasteiger charge is -2.28. The summed E-state index contributed by atoms with van der Waals surface area (Å²) < 4.78 is 20.0. The van der Waals surface area contributed by atoms with Crippen molar-refractivity contribution < 1.29 is 13.9 Å². The first-order valence-corrected chi connectivity index (χ1v) is 8.95. The first-order chi connectivity index (χ1) is 12.6. The van der Waals surface area contributed by atoms with Crippen LogP contribution in [-0.4, -0.2) is 5.78 Å². The Kier molecular flexibility index (Phi) is 4.43. The van der Waals surface area contributed by atoms with Gasteiger partial charge in [0.1, 0.15) is 11.6 Å². The van der Waals surface area contributed by atoms with Gasteiger partial charge in [-0.25, -0.2) is 4.39 Å². The average molecular weight is 409 g/mol. The van der Waals surface area contributed by atoms with E-state index in [9.17, 15) is 9.18 Å². The number of carbonyl (C=O) groups is 1. The minimum atomic E-state index is -0.512. The summed E-state index contributed by atoms with van der Waals surface area (Å²) in [4.78, 5) is 13.1. The predicted octanol–water partition coefficient (Wildman–Crippen LogP) is 5.99. The molecule has 3 aromatic rings. The van der Waals surface area contributed by atoms with E-state index in [1.165, 1.54) is 6.07 Å². The van der Waals surface area contributed by atoms with Crippen LogP contribution in [0.1, 0.15) is 27.6 Å². The van der Waals surface area contributed by atoms with Crippen LogP contribution in [0.4, 0.5) is 4.39 Å². The van der Waals surface area contributed by atoms with E-state index < -0.39 is 6.10 Å². The maximum Gasteiger partial charge on any atom is 0.196 e. The van der Waals surface area contributed by atoms with Gasteiger partial charge in [0.2, 0.25) is 0 Å². The summed E-state index contributed by atoms with van der Waals surface area (Å²) >= 11 is 3.19. The number of ketones is 1.